The summed E-state index contributed by atoms with van der Waals surface area (Å²) >= 11 is 6.02. The Labute approximate surface area is 118 Å². The van der Waals surface area contributed by atoms with Gasteiger partial charge in [-0.3, -0.25) is 9.59 Å². The van der Waals surface area contributed by atoms with Gasteiger partial charge in [0.1, 0.15) is 0 Å². The van der Waals surface area contributed by atoms with Gasteiger partial charge < -0.3 is 10.0 Å². The van der Waals surface area contributed by atoms with Crippen molar-refractivity contribution < 1.29 is 14.7 Å². The van der Waals surface area contributed by atoms with Crippen molar-refractivity contribution in [3.8, 4) is 0 Å². The number of carbonyl (C=O) groups is 2. The lowest BCUT2D eigenvalue weighted by Crippen LogP contribution is -2.33. The van der Waals surface area contributed by atoms with E-state index in [9.17, 15) is 9.59 Å². The Hall–Kier alpha value is -1.55. The van der Waals surface area contributed by atoms with Gasteiger partial charge in [0.25, 0.3) is 0 Å². The number of carbonyl (C=O) groups excluding carboxylic acids is 1. The number of aryl methyl sites for hydroxylation is 1. The molecule has 0 heterocycles. The van der Waals surface area contributed by atoms with Gasteiger partial charge in [0, 0.05) is 24.5 Å². The van der Waals surface area contributed by atoms with E-state index in [1.54, 1.807) is 11.0 Å². The summed E-state index contributed by atoms with van der Waals surface area (Å²) in [5.41, 5.74) is 0.937. The molecule has 0 fully saturated rings. The zero-order valence-corrected chi connectivity index (χ0v) is 11.7. The first-order chi connectivity index (χ1) is 9.04. The van der Waals surface area contributed by atoms with Crippen LogP contribution in [0.4, 0.5) is 0 Å². The van der Waals surface area contributed by atoms with Gasteiger partial charge in [-0.1, -0.05) is 29.8 Å². The summed E-state index contributed by atoms with van der Waals surface area (Å²) in [4.78, 5) is 24.0. The fourth-order valence-electron chi connectivity index (χ4n) is 1.79. The van der Waals surface area contributed by atoms with Gasteiger partial charge in [0.15, 0.2) is 0 Å². The number of halogens is 1. The van der Waals surface area contributed by atoms with E-state index in [2.05, 4.69) is 0 Å². The van der Waals surface area contributed by atoms with Crippen molar-refractivity contribution >= 4 is 23.5 Å². The zero-order chi connectivity index (χ0) is 14.3. The van der Waals surface area contributed by atoms with Gasteiger partial charge in [-0.15, -0.1) is 0 Å². The number of benzene rings is 1. The van der Waals surface area contributed by atoms with Gasteiger partial charge in [0.2, 0.25) is 5.91 Å². The predicted molar refractivity (Wildman–Crippen MR) is 74.3 cm³/mol. The van der Waals surface area contributed by atoms with Gasteiger partial charge in [-0.2, -0.15) is 0 Å². The normalized spacial score (nSPS) is 10.2. The molecule has 0 saturated carbocycles. The largest absolute Gasteiger partial charge is 0.481 e. The highest BCUT2D eigenvalue weighted by molar-refractivity contribution is 6.31. The average Bonchev–Trinajstić information content (AvgIpc) is 2.38. The summed E-state index contributed by atoms with van der Waals surface area (Å²) in [6.07, 6.45) is 0.894. The summed E-state index contributed by atoms with van der Waals surface area (Å²) in [5.74, 6) is -0.930. The van der Waals surface area contributed by atoms with Crippen molar-refractivity contribution in [2.75, 3.05) is 13.1 Å². The summed E-state index contributed by atoms with van der Waals surface area (Å²) in [5, 5.41) is 9.28. The van der Waals surface area contributed by atoms with Gasteiger partial charge in [-0.05, 0) is 25.0 Å². The third-order valence-electron chi connectivity index (χ3n) is 2.90. The van der Waals surface area contributed by atoms with E-state index in [-0.39, 0.29) is 18.9 Å². The molecule has 1 aromatic carbocycles. The highest BCUT2D eigenvalue weighted by atomic mass is 35.5. The quantitative estimate of drug-likeness (QED) is 0.837. The smallest absolute Gasteiger partial charge is 0.305 e. The maximum absolute atomic E-state index is 12.0. The predicted octanol–water partition coefficient (Wildman–Crippen LogP) is 2.60. The second-order valence-corrected chi connectivity index (χ2v) is 4.62. The first-order valence-electron chi connectivity index (χ1n) is 6.27. The zero-order valence-electron chi connectivity index (χ0n) is 10.9. The first-order valence-corrected chi connectivity index (χ1v) is 6.65. The molecule has 19 heavy (non-hydrogen) atoms. The van der Waals surface area contributed by atoms with E-state index in [1.807, 2.05) is 25.1 Å². The van der Waals surface area contributed by atoms with Crippen LogP contribution in [0.2, 0.25) is 5.02 Å². The lowest BCUT2D eigenvalue weighted by atomic mass is 10.1. The third-order valence-corrected chi connectivity index (χ3v) is 3.26. The Morgan fingerprint density at radius 1 is 1.26 bits per heavy atom. The SMILES string of the molecule is CCN(CCC(=O)O)C(=O)CCc1ccccc1Cl. The molecule has 5 heteroatoms. The molecule has 4 nitrogen and oxygen atoms in total. The van der Waals surface area contributed by atoms with Crippen LogP contribution in [0.3, 0.4) is 0 Å². The average molecular weight is 284 g/mol. The molecule has 0 spiro atoms. The lowest BCUT2D eigenvalue weighted by Gasteiger charge is -2.20. The minimum absolute atomic E-state index is 0.0221. The molecular weight excluding hydrogens is 266 g/mol. The summed E-state index contributed by atoms with van der Waals surface area (Å²) in [7, 11) is 0. The number of aliphatic carboxylic acids is 1. The van der Waals surface area contributed by atoms with Crippen molar-refractivity contribution in [1.82, 2.24) is 4.90 Å². The summed E-state index contributed by atoms with van der Waals surface area (Å²) in [6, 6.07) is 7.42. The molecular formula is C14H18ClNO3. The molecule has 1 N–H and O–H groups in total. The Morgan fingerprint density at radius 2 is 1.95 bits per heavy atom. The molecule has 0 aliphatic carbocycles. The second kappa shape index (κ2) is 7.79. The van der Waals surface area contributed by atoms with Crippen LogP contribution in [-0.2, 0) is 16.0 Å². The molecule has 1 rings (SSSR count). The van der Waals surface area contributed by atoms with Crippen LogP contribution < -0.4 is 0 Å². The van der Waals surface area contributed by atoms with Crippen molar-refractivity contribution in [2.45, 2.75) is 26.2 Å². The van der Waals surface area contributed by atoms with Crippen LogP contribution in [0.15, 0.2) is 24.3 Å². The fourth-order valence-corrected chi connectivity index (χ4v) is 2.02. The minimum atomic E-state index is -0.891. The van der Waals surface area contributed by atoms with Crippen molar-refractivity contribution in [2.24, 2.45) is 0 Å². The second-order valence-electron chi connectivity index (χ2n) is 4.21. The lowest BCUT2D eigenvalue weighted by molar-refractivity contribution is -0.138. The molecule has 0 aliphatic rings. The molecule has 0 radical (unpaired) electrons. The van der Waals surface area contributed by atoms with Gasteiger partial charge in [0.05, 0.1) is 6.42 Å². The monoisotopic (exact) mass is 283 g/mol. The molecule has 0 aliphatic heterocycles. The van der Waals surface area contributed by atoms with Crippen LogP contribution in [0.1, 0.15) is 25.3 Å². The Kier molecular flexibility index (Phi) is 6.36. The van der Waals surface area contributed by atoms with Crippen molar-refractivity contribution in [3.63, 3.8) is 0 Å². The van der Waals surface area contributed by atoms with Crippen LogP contribution in [0.5, 0.6) is 0 Å². The van der Waals surface area contributed by atoms with Crippen molar-refractivity contribution in [1.29, 1.82) is 0 Å². The number of nitrogens with zero attached hydrogens (tertiary/aromatic N) is 1. The maximum atomic E-state index is 12.0. The Balaban J connectivity index is 2.49. The third kappa shape index (κ3) is 5.30. The van der Waals surface area contributed by atoms with Gasteiger partial charge >= 0.3 is 5.97 Å². The number of hydrogen-bond acceptors (Lipinski definition) is 2. The van der Waals surface area contributed by atoms with E-state index in [4.69, 9.17) is 16.7 Å². The number of rotatable bonds is 7. The molecule has 1 aromatic rings. The standard InChI is InChI=1S/C14H18ClNO3/c1-2-16(10-9-14(18)19)13(17)8-7-11-5-3-4-6-12(11)15/h3-6H,2,7-10H2,1H3,(H,18,19). The number of hydrogen-bond donors (Lipinski definition) is 1. The summed E-state index contributed by atoms with van der Waals surface area (Å²) < 4.78 is 0. The molecule has 0 saturated heterocycles. The highest BCUT2D eigenvalue weighted by Crippen LogP contribution is 2.17. The molecule has 0 aromatic heterocycles. The Bertz CT molecular complexity index is 448. The highest BCUT2D eigenvalue weighted by Gasteiger charge is 2.13. The van der Waals surface area contributed by atoms with E-state index < -0.39 is 5.97 Å². The molecule has 0 bridgehead atoms. The first kappa shape index (κ1) is 15.5. The van der Waals surface area contributed by atoms with Crippen LogP contribution >= 0.6 is 11.6 Å². The van der Waals surface area contributed by atoms with E-state index in [0.717, 1.165) is 5.56 Å². The minimum Gasteiger partial charge on any atom is -0.481 e. The van der Waals surface area contributed by atoms with Crippen molar-refractivity contribution in [3.05, 3.63) is 34.9 Å². The Morgan fingerprint density at radius 3 is 2.53 bits per heavy atom. The van der Waals surface area contributed by atoms with E-state index in [0.29, 0.717) is 24.4 Å². The topological polar surface area (TPSA) is 57.6 Å². The van der Waals surface area contributed by atoms with Crippen LogP contribution in [-0.4, -0.2) is 35.0 Å². The molecule has 0 unspecified atom stereocenters. The number of carboxylic acids is 1. The summed E-state index contributed by atoms with van der Waals surface area (Å²) in [6.45, 7) is 2.62. The van der Waals surface area contributed by atoms with Crippen LogP contribution in [0.25, 0.3) is 0 Å². The maximum Gasteiger partial charge on any atom is 0.305 e. The number of amides is 1. The fraction of sp³-hybridized carbons (Fsp3) is 0.429. The van der Waals surface area contributed by atoms with Crippen LogP contribution in [0, 0.1) is 0 Å². The molecule has 0 atom stereocenters. The van der Waals surface area contributed by atoms with E-state index in [1.165, 1.54) is 0 Å². The van der Waals surface area contributed by atoms with E-state index >= 15 is 0 Å². The van der Waals surface area contributed by atoms with Gasteiger partial charge in [-0.25, -0.2) is 0 Å². The molecule has 104 valence electrons. The number of carboxylic acid groups (broad SMARTS) is 1. The molecule has 1 amide bonds.